The molecule has 7 heteroatoms. The summed E-state index contributed by atoms with van der Waals surface area (Å²) in [5.74, 6) is 0.684. The lowest BCUT2D eigenvalue weighted by Gasteiger charge is -2.37. The maximum atomic E-state index is 13.6. The van der Waals surface area contributed by atoms with Gasteiger partial charge in [0.1, 0.15) is 12.4 Å². The van der Waals surface area contributed by atoms with Gasteiger partial charge >= 0.3 is 0 Å². The van der Waals surface area contributed by atoms with Gasteiger partial charge in [-0.3, -0.25) is 9.59 Å². The lowest BCUT2D eigenvalue weighted by Crippen LogP contribution is -2.48. The largest absolute Gasteiger partial charge is 0.491 e. The number of fused-ring (bicyclic) bond motifs is 1. The molecule has 1 aliphatic rings. The third kappa shape index (κ3) is 6.74. The van der Waals surface area contributed by atoms with Crippen LogP contribution in [0.4, 0.5) is 0 Å². The fourth-order valence-electron chi connectivity index (χ4n) is 4.51. The van der Waals surface area contributed by atoms with Crippen molar-refractivity contribution in [3.05, 3.63) is 87.6 Å². The zero-order chi connectivity index (χ0) is 25.3. The van der Waals surface area contributed by atoms with Crippen LogP contribution in [-0.2, 0) is 27.2 Å². The molecule has 0 radical (unpaired) electrons. The lowest BCUT2D eigenvalue weighted by atomic mass is 10.0. The van der Waals surface area contributed by atoms with Crippen molar-refractivity contribution in [3.63, 3.8) is 0 Å². The number of hydrogen-bond acceptors (Lipinski definition) is 5. The highest BCUT2D eigenvalue weighted by Gasteiger charge is 2.33. The Morgan fingerprint density at radius 3 is 2.61 bits per heavy atom. The van der Waals surface area contributed by atoms with Crippen LogP contribution in [0.3, 0.4) is 0 Å². The highest BCUT2D eigenvalue weighted by atomic mass is 32.1. The van der Waals surface area contributed by atoms with Gasteiger partial charge in [-0.1, -0.05) is 48.0 Å². The first kappa shape index (κ1) is 25.9. The second-order valence-corrected chi connectivity index (χ2v) is 10.1. The maximum Gasteiger partial charge on any atom is 0.242 e. The molecule has 0 aliphatic carbocycles. The van der Waals surface area contributed by atoms with Crippen molar-refractivity contribution in [2.24, 2.45) is 0 Å². The number of aryl methyl sites for hydroxylation is 1. The number of ether oxygens (including phenoxy) is 2. The SMILES string of the molecule is COCCCN(CC(=O)N1CCc2sccc2[C@@H]1COc1ccc(C)cc1)C(=O)Cc1ccccc1. The average molecular weight is 507 g/mol. The summed E-state index contributed by atoms with van der Waals surface area (Å²) in [4.78, 5) is 31.7. The fourth-order valence-corrected chi connectivity index (χ4v) is 5.44. The van der Waals surface area contributed by atoms with Crippen molar-refractivity contribution in [2.75, 3.05) is 40.0 Å². The first-order chi connectivity index (χ1) is 17.5. The summed E-state index contributed by atoms with van der Waals surface area (Å²) in [5, 5.41) is 2.08. The molecule has 2 amide bonds. The molecular weight excluding hydrogens is 472 g/mol. The molecule has 4 rings (SSSR count). The summed E-state index contributed by atoms with van der Waals surface area (Å²) >= 11 is 1.73. The standard InChI is InChI=1S/C29H34N2O4S/c1-22-9-11-24(12-10-22)35-21-26-25-14-18-36-27(25)13-16-31(26)29(33)20-30(15-6-17-34-2)28(32)19-23-7-4-3-5-8-23/h3-5,7-12,14,18,26H,6,13,15-17,19-21H2,1-2H3/t26-/m0/s1. The first-order valence-corrected chi connectivity index (χ1v) is 13.3. The third-order valence-electron chi connectivity index (χ3n) is 6.50. The molecule has 2 heterocycles. The summed E-state index contributed by atoms with van der Waals surface area (Å²) in [6.45, 7) is 4.11. The van der Waals surface area contributed by atoms with Gasteiger partial charge in [0.2, 0.25) is 11.8 Å². The van der Waals surface area contributed by atoms with E-state index in [1.165, 1.54) is 10.4 Å². The van der Waals surface area contributed by atoms with Crippen molar-refractivity contribution >= 4 is 23.2 Å². The number of thiophene rings is 1. The molecule has 1 atom stereocenters. The quantitative estimate of drug-likeness (QED) is 0.355. The molecule has 0 N–H and O–H groups in total. The normalized spacial score (nSPS) is 14.8. The van der Waals surface area contributed by atoms with E-state index in [0.29, 0.717) is 32.7 Å². The number of nitrogens with zero attached hydrogens (tertiary/aromatic N) is 2. The Morgan fingerprint density at radius 2 is 1.86 bits per heavy atom. The predicted molar refractivity (Wildman–Crippen MR) is 142 cm³/mol. The monoisotopic (exact) mass is 506 g/mol. The maximum absolute atomic E-state index is 13.6. The minimum absolute atomic E-state index is 0.0497. The van der Waals surface area contributed by atoms with Gasteiger partial charge in [0.25, 0.3) is 0 Å². The average Bonchev–Trinajstić information content (AvgIpc) is 3.37. The van der Waals surface area contributed by atoms with Crippen LogP contribution < -0.4 is 4.74 Å². The molecule has 0 saturated carbocycles. The van der Waals surface area contributed by atoms with E-state index in [1.807, 2.05) is 66.4 Å². The van der Waals surface area contributed by atoms with E-state index >= 15 is 0 Å². The molecule has 36 heavy (non-hydrogen) atoms. The predicted octanol–water partition coefficient (Wildman–Crippen LogP) is 4.67. The van der Waals surface area contributed by atoms with Crippen LogP contribution in [0.2, 0.25) is 0 Å². The van der Waals surface area contributed by atoms with Crippen molar-refractivity contribution in [3.8, 4) is 5.75 Å². The number of amides is 2. The van der Waals surface area contributed by atoms with Crippen molar-refractivity contribution < 1.29 is 19.1 Å². The van der Waals surface area contributed by atoms with E-state index < -0.39 is 0 Å². The van der Waals surface area contributed by atoms with E-state index in [1.54, 1.807) is 23.3 Å². The van der Waals surface area contributed by atoms with Gasteiger partial charge in [0.15, 0.2) is 0 Å². The van der Waals surface area contributed by atoms with E-state index in [9.17, 15) is 9.59 Å². The molecule has 6 nitrogen and oxygen atoms in total. The molecule has 0 spiro atoms. The minimum Gasteiger partial charge on any atom is -0.491 e. The minimum atomic E-state index is -0.182. The Kier molecular flexibility index (Phi) is 9.14. The molecule has 1 aliphatic heterocycles. The zero-order valence-corrected chi connectivity index (χ0v) is 21.8. The molecule has 0 fully saturated rings. The molecule has 0 bridgehead atoms. The number of rotatable bonds is 11. The fraction of sp³-hybridized carbons (Fsp3) is 0.379. The molecular formula is C29H34N2O4S. The number of benzene rings is 2. The summed E-state index contributed by atoms with van der Waals surface area (Å²) in [6.07, 6.45) is 1.77. The third-order valence-corrected chi connectivity index (χ3v) is 7.49. The van der Waals surface area contributed by atoms with E-state index in [4.69, 9.17) is 9.47 Å². The molecule has 190 valence electrons. The Balaban J connectivity index is 1.47. The highest BCUT2D eigenvalue weighted by molar-refractivity contribution is 7.10. The Morgan fingerprint density at radius 1 is 1.08 bits per heavy atom. The Hall–Kier alpha value is -3.16. The van der Waals surface area contributed by atoms with Crippen LogP contribution in [0.25, 0.3) is 0 Å². The smallest absolute Gasteiger partial charge is 0.242 e. The van der Waals surface area contributed by atoms with Crippen molar-refractivity contribution in [1.82, 2.24) is 9.80 Å². The van der Waals surface area contributed by atoms with Gasteiger partial charge in [-0.2, -0.15) is 0 Å². The summed E-state index contributed by atoms with van der Waals surface area (Å²) in [5.41, 5.74) is 3.26. The van der Waals surface area contributed by atoms with Gasteiger partial charge < -0.3 is 19.3 Å². The lowest BCUT2D eigenvalue weighted by molar-refractivity contribution is -0.142. The van der Waals surface area contributed by atoms with Gasteiger partial charge in [0.05, 0.1) is 19.0 Å². The highest BCUT2D eigenvalue weighted by Crippen LogP contribution is 2.34. The summed E-state index contributed by atoms with van der Waals surface area (Å²) in [7, 11) is 1.64. The van der Waals surface area contributed by atoms with Crippen molar-refractivity contribution in [2.45, 2.75) is 32.2 Å². The zero-order valence-electron chi connectivity index (χ0n) is 21.0. The van der Waals surface area contributed by atoms with E-state index in [2.05, 4.69) is 11.4 Å². The molecule has 3 aromatic rings. The van der Waals surface area contributed by atoms with Crippen LogP contribution in [0.1, 0.15) is 34.0 Å². The second-order valence-electron chi connectivity index (χ2n) is 9.10. The van der Waals surface area contributed by atoms with Crippen LogP contribution >= 0.6 is 11.3 Å². The molecule has 0 saturated heterocycles. The van der Waals surface area contributed by atoms with E-state index in [0.717, 1.165) is 23.3 Å². The first-order valence-electron chi connectivity index (χ1n) is 12.4. The molecule has 2 aromatic carbocycles. The van der Waals surface area contributed by atoms with Crippen LogP contribution in [0, 0.1) is 6.92 Å². The number of carbonyl (C=O) groups is 2. The number of carbonyl (C=O) groups excluding carboxylic acids is 2. The van der Waals surface area contributed by atoms with Gasteiger partial charge in [-0.25, -0.2) is 0 Å². The summed E-state index contributed by atoms with van der Waals surface area (Å²) < 4.78 is 11.3. The Labute approximate surface area is 217 Å². The molecule has 1 aromatic heterocycles. The van der Waals surface area contributed by atoms with E-state index in [-0.39, 0.29) is 30.8 Å². The number of methoxy groups -OCH3 is 1. The van der Waals surface area contributed by atoms with Gasteiger partial charge in [-0.05, 0) is 54.5 Å². The van der Waals surface area contributed by atoms with Gasteiger partial charge in [0, 0.05) is 31.7 Å². The topological polar surface area (TPSA) is 59.1 Å². The van der Waals surface area contributed by atoms with Crippen LogP contribution in [-0.4, -0.2) is 61.6 Å². The number of hydrogen-bond donors (Lipinski definition) is 0. The van der Waals surface area contributed by atoms with Crippen LogP contribution in [0.15, 0.2) is 66.0 Å². The molecule has 0 unspecified atom stereocenters. The Bertz CT molecular complexity index is 1130. The van der Waals surface area contributed by atoms with Gasteiger partial charge in [-0.15, -0.1) is 11.3 Å². The van der Waals surface area contributed by atoms with Crippen LogP contribution in [0.5, 0.6) is 5.75 Å². The second kappa shape index (κ2) is 12.7. The van der Waals surface area contributed by atoms with Crippen molar-refractivity contribution in [1.29, 1.82) is 0 Å². The summed E-state index contributed by atoms with van der Waals surface area (Å²) in [6, 6.07) is 19.5.